The zero-order chi connectivity index (χ0) is 12.4. The zero-order valence-corrected chi connectivity index (χ0v) is 10.1. The van der Waals surface area contributed by atoms with Crippen molar-refractivity contribution < 1.29 is 0 Å². The van der Waals surface area contributed by atoms with Crippen molar-refractivity contribution in [1.82, 2.24) is 9.78 Å². The summed E-state index contributed by atoms with van der Waals surface area (Å²) in [6, 6.07) is 8.83. The number of nitrogens with zero attached hydrogens (tertiary/aromatic N) is 2. The monoisotopic (exact) mass is 249 g/mol. The molecule has 2 rings (SSSR count). The van der Waals surface area contributed by atoms with Gasteiger partial charge in [0, 0.05) is 18.3 Å². The van der Waals surface area contributed by atoms with E-state index in [2.05, 4.69) is 5.10 Å². The molecule has 0 aliphatic heterocycles. The van der Waals surface area contributed by atoms with E-state index in [1.54, 1.807) is 17.7 Å². The van der Waals surface area contributed by atoms with Gasteiger partial charge in [0.15, 0.2) is 0 Å². The molecule has 0 aliphatic rings. The molecule has 88 valence electrons. The van der Waals surface area contributed by atoms with Crippen LogP contribution in [0.1, 0.15) is 11.4 Å². The summed E-state index contributed by atoms with van der Waals surface area (Å²) in [7, 11) is 0. The number of benzene rings is 1. The summed E-state index contributed by atoms with van der Waals surface area (Å²) in [4.78, 5) is 11.6. The average molecular weight is 250 g/mol. The molecule has 0 spiro atoms. The van der Waals surface area contributed by atoms with E-state index in [-0.39, 0.29) is 12.0 Å². The highest BCUT2D eigenvalue weighted by molar-refractivity contribution is 6.32. The standard InChI is InChI=1S/C12H12ClN3O/c1-8-6-12(17)10(7-14)15-16(8)11-5-3-2-4-9(11)13/h2-6H,7,14H2,1H3. The van der Waals surface area contributed by atoms with Crippen LogP contribution in [0.25, 0.3) is 5.69 Å². The van der Waals surface area contributed by atoms with Crippen LogP contribution >= 0.6 is 11.6 Å². The highest BCUT2D eigenvalue weighted by Gasteiger charge is 2.08. The van der Waals surface area contributed by atoms with Crippen LogP contribution < -0.4 is 11.2 Å². The Hall–Kier alpha value is -1.65. The van der Waals surface area contributed by atoms with Crippen LogP contribution in [0.5, 0.6) is 0 Å². The molecule has 0 saturated carbocycles. The van der Waals surface area contributed by atoms with Crippen molar-refractivity contribution in [3.05, 3.63) is 57.0 Å². The average Bonchev–Trinajstić information content (AvgIpc) is 2.31. The van der Waals surface area contributed by atoms with Crippen molar-refractivity contribution in [2.75, 3.05) is 0 Å². The van der Waals surface area contributed by atoms with Gasteiger partial charge >= 0.3 is 0 Å². The summed E-state index contributed by atoms with van der Waals surface area (Å²) in [6.07, 6.45) is 0. The molecule has 17 heavy (non-hydrogen) atoms. The molecular formula is C12H12ClN3O. The van der Waals surface area contributed by atoms with E-state index < -0.39 is 0 Å². The van der Waals surface area contributed by atoms with Gasteiger partial charge in [0.2, 0.25) is 5.43 Å². The number of halogens is 1. The van der Waals surface area contributed by atoms with E-state index in [9.17, 15) is 4.79 Å². The zero-order valence-electron chi connectivity index (χ0n) is 9.35. The fourth-order valence-electron chi connectivity index (χ4n) is 1.59. The first-order valence-corrected chi connectivity index (χ1v) is 5.56. The fraction of sp³-hybridized carbons (Fsp3) is 0.167. The van der Waals surface area contributed by atoms with Crippen LogP contribution in [-0.4, -0.2) is 9.78 Å². The number of nitrogens with two attached hydrogens (primary N) is 1. The molecule has 0 unspecified atom stereocenters. The second kappa shape index (κ2) is 4.69. The van der Waals surface area contributed by atoms with Crippen LogP contribution in [0, 0.1) is 6.92 Å². The van der Waals surface area contributed by atoms with Gasteiger partial charge in [-0.3, -0.25) is 4.79 Å². The largest absolute Gasteiger partial charge is 0.325 e. The molecule has 0 bridgehead atoms. The third kappa shape index (κ3) is 2.23. The van der Waals surface area contributed by atoms with Crippen molar-refractivity contribution >= 4 is 11.6 Å². The third-order valence-corrected chi connectivity index (χ3v) is 2.77. The topological polar surface area (TPSA) is 60.9 Å². The van der Waals surface area contributed by atoms with E-state index in [1.165, 1.54) is 6.07 Å². The Bertz CT molecular complexity index is 607. The van der Waals surface area contributed by atoms with Gasteiger partial charge in [-0.15, -0.1) is 0 Å². The first-order valence-electron chi connectivity index (χ1n) is 5.18. The van der Waals surface area contributed by atoms with Gasteiger partial charge in [-0.05, 0) is 19.1 Å². The maximum atomic E-state index is 11.6. The van der Waals surface area contributed by atoms with Crippen molar-refractivity contribution in [2.24, 2.45) is 5.73 Å². The molecule has 2 aromatic rings. The molecule has 4 nitrogen and oxygen atoms in total. The summed E-state index contributed by atoms with van der Waals surface area (Å²) < 4.78 is 1.63. The Labute approximate surface area is 104 Å². The van der Waals surface area contributed by atoms with E-state index in [4.69, 9.17) is 17.3 Å². The molecule has 0 saturated heterocycles. The molecule has 1 heterocycles. The van der Waals surface area contributed by atoms with Crippen LogP contribution in [0.2, 0.25) is 5.02 Å². The first kappa shape index (κ1) is 11.8. The van der Waals surface area contributed by atoms with Crippen LogP contribution in [0.4, 0.5) is 0 Å². The SMILES string of the molecule is Cc1cc(=O)c(CN)nn1-c1ccccc1Cl. The molecule has 0 radical (unpaired) electrons. The van der Waals surface area contributed by atoms with Crippen molar-refractivity contribution in [2.45, 2.75) is 13.5 Å². The predicted molar refractivity (Wildman–Crippen MR) is 67.5 cm³/mol. The third-order valence-electron chi connectivity index (χ3n) is 2.45. The number of para-hydroxylation sites is 1. The lowest BCUT2D eigenvalue weighted by Gasteiger charge is -2.11. The number of aryl methyl sites for hydroxylation is 1. The van der Waals surface area contributed by atoms with Crippen molar-refractivity contribution in [3.8, 4) is 5.69 Å². The summed E-state index contributed by atoms with van der Waals surface area (Å²) >= 11 is 6.10. The minimum absolute atomic E-state index is 0.115. The van der Waals surface area contributed by atoms with Crippen LogP contribution in [0.15, 0.2) is 35.1 Å². The second-order valence-electron chi connectivity index (χ2n) is 3.66. The Balaban J connectivity index is 2.68. The number of rotatable bonds is 2. The Kier molecular flexibility index (Phi) is 3.26. The van der Waals surface area contributed by atoms with E-state index in [0.29, 0.717) is 10.7 Å². The van der Waals surface area contributed by atoms with Crippen molar-refractivity contribution in [1.29, 1.82) is 0 Å². The minimum atomic E-state index is -0.145. The lowest BCUT2D eigenvalue weighted by molar-refractivity contribution is 0.751. The van der Waals surface area contributed by atoms with E-state index in [0.717, 1.165) is 11.4 Å². The maximum Gasteiger partial charge on any atom is 0.204 e. The summed E-state index contributed by atoms with van der Waals surface area (Å²) in [5.74, 6) is 0. The maximum absolute atomic E-state index is 11.6. The molecule has 2 N–H and O–H groups in total. The van der Waals surface area contributed by atoms with Gasteiger partial charge in [0.25, 0.3) is 0 Å². The molecular weight excluding hydrogens is 238 g/mol. The highest BCUT2D eigenvalue weighted by atomic mass is 35.5. The van der Waals surface area contributed by atoms with Gasteiger partial charge in [0.05, 0.1) is 10.7 Å². The Morgan fingerprint density at radius 2 is 2.12 bits per heavy atom. The number of hydrogen-bond acceptors (Lipinski definition) is 3. The fourth-order valence-corrected chi connectivity index (χ4v) is 1.81. The predicted octanol–water partition coefficient (Wildman–Crippen LogP) is 1.65. The summed E-state index contributed by atoms with van der Waals surface area (Å²) in [5, 5.41) is 4.79. The van der Waals surface area contributed by atoms with Gasteiger partial charge in [-0.1, -0.05) is 23.7 Å². The van der Waals surface area contributed by atoms with Crippen LogP contribution in [0.3, 0.4) is 0 Å². The smallest absolute Gasteiger partial charge is 0.204 e. The quantitative estimate of drug-likeness (QED) is 0.881. The van der Waals surface area contributed by atoms with Crippen molar-refractivity contribution in [3.63, 3.8) is 0 Å². The number of hydrogen-bond donors (Lipinski definition) is 1. The van der Waals surface area contributed by atoms with E-state index in [1.807, 2.05) is 18.2 Å². The molecule has 1 aromatic heterocycles. The summed E-state index contributed by atoms with van der Waals surface area (Å²) in [5.41, 5.74) is 7.12. The minimum Gasteiger partial charge on any atom is -0.325 e. The normalized spacial score (nSPS) is 10.5. The van der Waals surface area contributed by atoms with Gasteiger partial charge in [-0.2, -0.15) is 5.10 Å². The van der Waals surface area contributed by atoms with Gasteiger partial charge in [-0.25, -0.2) is 4.68 Å². The molecule has 0 amide bonds. The molecule has 0 aliphatic carbocycles. The summed E-state index contributed by atoms with van der Waals surface area (Å²) in [6.45, 7) is 1.92. The lowest BCUT2D eigenvalue weighted by atomic mass is 10.3. The molecule has 1 aromatic carbocycles. The Morgan fingerprint density at radius 3 is 2.76 bits per heavy atom. The molecule has 5 heteroatoms. The lowest BCUT2D eigenvalue weighted by Crippen LogP contribution is -2.21. The first-order chi connectivity index (χ1) is 8.13. The van der Waals surface area contributed by atoms with Crippen LogP contribution in [-0.2, 0) is 6.54 Å². The number of aromatic nitrogens is 2. The molecule has 0 fully saturated rings. The highest BCUT2D eigenvalue weighted by Crippen LogP contribution is 2.19. The van der Waals surface area contributed by atoms with Gasteiger partial charge < -0.3 is 5.73 Å². The van der Waals surface area contributed by atoms with Gasteiger partial charge in [0.1, 0.15) is 5.69 Å². The van der Waals surface area contributed by atoms with E-state index >= 15 is 0 Å². The second-order valence-corrected chi connectivity index (χ2v) is 4.07. The molecule has 0 atom stereocenters. The Morgan fingerprint density at radius 1 is 1.41 bits per heavy atom.